The first kappa shape index (κ1) is 12.2. The van der Waals surface area contributed by atoms with Gasteiger partial charge in [-0.3, -0.25) is 4.90 Å². The minimum Gasteiger partial charge on any atom is -0.286 e. The molecule has 1 saturated carbocycles. The Balaban J connectivity index is 2.10. The van der Waals surface area contributed by atoms with Crippen LogP contribution in [0.25, 0.3) is 0 Å². The number of rotatable bonds is 3. The summed E-state index contributed by atoms with van der Waals surface area (Å²) in [6, 6.07) is 11.2. The Morgan fingerprint density at radius 3 is 2.41 bits per heavy atom. The van der Waals surface area contributed by atoms with Crippen LogP contribution in [0.4, 0.5) is 0 Å². The molecule has 0 aliphatic heterocycles. The molecule has 1 unspecified atom stereocenters. The van der Waals surface area contributed by atoms with Crippen LogP contribution in [0.1, 0.15) is 43.7 Å². The Labute approximate surface area is 105 Å². The van der Waals surface area contributed by atoms with Crippen LogP contribution in [0.2, 0.25) is 0 Å². The summed E-state index contributed by atoms with van der Waals surface area (Å²) in [5.41, 5.74) is 1.24. The molecule has 0 amide bonds. The van der Waals surface area contributed by atoms with Gasteiger partial charge in [0.15, 0.2) is 0 Å². The van der Waals surface area contributed by atoms with Gasteiger partial charge in [-0.25, -0.2) is 0 Å². The van der Waals surface area contributed by atoms with Gasteiger partial charge in [0, 0.05) is 6.04 Å². The van der Waals surface area contributed by atoms with Crippen LogP contribution in [0.15, 0.2) is 30.3 Å². The molecule has 17 heavy (non-hydrogen) atoms. The average molecular weight is 227 g/mol. The predicted molar refractivity (Wildman–Crippen MR) is 72.7 cm³/mol. The monoisotopic (exact) mass is 227 g/mol. The Morgan fingerprint density at radius 2 is 1.82 bits per heavy atom. The van der Waals surface area contributed by atoms with Crippen molar-refractivity contribution in [1.82, 2.24) is 4.90 Å². The molecule has 0 radical (unpaired) electrons. The van der Waals surface area contributed by atoms with Crippen LogP contribution in [-0.2, 0) is 0 Å². The highest BCUT2D eigenvalue weighted by Crippen LogP contribution is 2.28. The lowest BCUT2D eigenvalue weighted by atomic mass is 9.92. The van der Waals surface area contributed by atoms with Crippen LogP contribution in [-0.4, -0.2) is 18.0 Å². The molecule has 1 aliphatic carbocycles. The maximum absolute atomic E-state index is 5.72. The first-order valence-electron chi connectivity index (χ1n) is 6.56. The summed E-state index contributed by atoms with van der Waals surface area (Å²) >= 11 is 0. The summed E-state index contributed by atoms with van der Waals surface area (Å²) in [4.78, 5) is 2.38. The van der Waals surface area contributed by atoms with Crippen LogP contribution >= 0.6 is 0 Å². The molecular weight excluding hydrogens is 206 g/mol. The fourth-order valence-corrected chi connectivity index (χ4v) is 2.78. The van der Waals surface area contributed by atoms with Crippen molar-refractivity contribution >= 4 is 0 Å². The first-order chi connectivity index (χ1) is 8.33. The number of hydrogen-bond acceptors (Lipinski definition) is 1. The standard InChI is InChI=1S/C16H21N/c1-3-16(14-10-6-4-7-11-14)17(2)15-12-8-5-9-13-15/h1,4,6-7,10-11,15-16H,5,8-9,12-13H2,2H3. The van der Waals surface area contributed by atoms with E-state index in [1.165, 1.54) is 37.7 Å². The van der Waals surface area contributed by atoms with Crippen molar-refractivity contribution in [3.8, 4) is 12.3 Å². The molecule has 0 saturated heterocycles. The molecule has 0 N–H and O–H groups in total. The molecule has 90 valence electrons. The maximum Gasteiger partial charge on any atom is 0.0968 e. The van der Waals surface area contributed by atoms with E-state index in [1.807, 2.05) is 6.07 Å². The number of nitrogens with zero attached hydrogens (tertiary/aromatic N) is 1. The van der Waals surface area contributed by atoms with Gasteiger partial charge in [-0.15, -0.1) is 6.42 Å². The van der Waals surface area contributed by atoms with Gasteiger partial charge in [-0.2, -0.15) is 0 Å². The largest absolute Gasteiger partial charge is 0.286 e. The lowest BCUT2D eigenvalue weighted by Gasteiger charge is -2.35. The zero-order valence-electron chi connectivity index (χ0n) is 10.6. The van der Waals surface area contributed by atoms with Crippen molar-refractivity contribution < 1.29 is 0 Å². The van der Waals surface area contributed by atoms with Crippen LogP contribution < -0.4 is 0 Å². The van der Waals surface area contributed by atoms with Gasteiger partial charge < -0.3 is 0 Å². The number of benzene rings is 1. The second kappa shape index (κ2) is 5.89. The van der Waals surface area contributed by atoms with Gasteiger partial charge in [0.2, 0.25) is 0 Å². The fraction of sp³-hybridized carbons (Fsp3) is 0.500. The SMILES string of the molecule is C#CC(c1ccccc1)N(C)C1CCCCC1. The second-order valence-electron chi connectivity index (χ2n) is 4.94. The highest BCUT2D eigenvalue weighted by Gasteiger charge is 2.23. The van der Waals surface area contributed by atoms with Gasteiger partial charge in [-0.1, -0.05) is 55.5 Å². The van der Waals surface area contributed by atoms with Gasteiger partial charge in [0.25, 0.3) is 0 Å². The molecule has 1 fully saturated rings. The van der Waals surface area contributed by atoms with Crippen molar-refractivity contribution in [2.45, 2.75) is 44.2 Å². The summed E-state index contributed by atoms with van der Waals surface area (Å²) < 4.78 is 0. The van der Waals surface area contributed by atoms with E-state index in [1.54, 1.807) is 0 Å². The zero-order valence-corrected chi connectivity index (χ0v) is 10.6. The first-order valence-corrected chi connectivity index (χ1v) is 6.56. The molecule has 1 atom stereocenters. The Hall–Kier alpha value is -1.26. The number of terminal acetylenes is 1. The summed E-state index contributed by atoms with van der Waals surface area (Å²) in [5, 5.41) is 0. The zero-order chi connectivity index (χ0) is 12.1. The van der Waals surface area contributed by atoms with Crippen molar-refractivity contribution in [3.05, 3.63) is 35.9 Å². The molecule has 1 aromatic rings. The van der Waals surface area contributed by atoms with Gasteiger partial charge in [0.05, 0.1) is 6.04 Å². The summed E-state index contributed by atoms with van der Waals surface area (Å²) in [6.45, 7) is 0. The molecule has 0 heterocycles. The lowest BCUT2D eigenvalue weighted by molar-refractivity contribution is 0.165. The normalized spacial score (nSPS) is 18.9. The Kier molecular flexibility index (Phi) is 4.23. The van der Waals surface area contributed by atoms with E-state index in [0.29, 0.717) is 6.04 Å². The van der Waals surface area contributed by atoms with E-state index in [4.69, 9.17) is 6.42 Å². The summed E-state index contributed by atoms with van der Waals surface area (Å²) in [5.74, 6) is 2.94. The van der Waals surface area contributed by atoms with E-state index in [9.17, 15) is 0 Å². The maximum atomic E-state index is 5.72. The molecule has 1 heteroatoms. The molecule has 1 nitrogen and oxygen atoms in total. The number of hydrogen-bond donors (Lipinski definition) is 0. The van der Waals surface area contributed by atoms with Crippen molar-refractivity contribution in [3.63, 3.8) is 0 Å². The van der Waals surface area contributed by atoms with Crippen LogP contribution in [0, 0.1) is 12.3 Å². The molecule has 1 aliphatic rings. The molecule has 2 rings (SSSR count). The van der Waals surface area contributed by atoms with Crippen LogP contribution in [0.5, 0.6) is 0 Å². The minimum atomic E-state index is 0.124. The topological polar surface area (TPSA) is 3.24 Å². The third-order valence-corrected chi connectivity index (χ3v) is 3.83. The summed E-state index contributed by atoms with van der Waals surface area (Å²) in [6.07, 6.45) is 12.4. The highest BCUT2D eigenvalue weighted by molar-refractivity contribution is 5.25. The molecule has 0 bridgehead atoms. The van der Waals surface area contributed by atoms with E-state index in [2.05, 4.69) is 42.1 Å². The smallest absolute Gasteiger partial charge is 0.0968 e. The quantitative estimate of drug-likeness (QED) is 0.713. The Bertz CT molecular complexity index is 370. The van der Waals surface area contributed by atoms with Crippen molar-refractivity contribution in [1.29, 1.82) is 0 Å². The van der Waals surface area contributed by atoms with E-state index < -0.39 is 0 Å². The van der Waals surface area contributed by atoms with E-state index in [-0.39, 0.29) is 6.04 Å². The van der Waals surface area contributed by atoms with Crippen molar-refractivity contribution in [2.24, 2.45) is 0 Å². The van der Waals surface area contributed by atoms with E-state index >= 15 is 0 Å². The minimum absolute atomic E-state index is 0.124. The third-order valence-electron chi connectivity index (χ3n) is 3.83. The highest BCUT2D eigenvalue weighted by atomic mass is 15.2. The summed E-state index contributed by atoms with van der Waals surface area (Å²) in [7, 11) is 2.17. The lowest BCUT2D eigenvalue weighted by Crippen LogP contribution is -2.36. The Morgan fingerprint density at radius 1 is 1.18 bits per heavy atom. The third kappa shape index (κ3) is 2.90. The second-order valence-corrected chi connectivity index (χ2v) is 4.94. The molecular formula is C16H21N. The molecule has 1 aromatic carbocycles. The van der Waals surface area contributed by atoms with Crippen LogP contribution in [0.3, 0.4) is 0 Å². The van der Waals surface area contributed by atoms with Gasteiger partial charge in [0.1, 0.15) is 0 Å². The molecule has 0 aromatic heterocycles. The van der Waals surface area contributed by atoms with Crippen molar-refractivity contribution in [2.75, 3.05) is 7.05 Å². The van der Waals surface area contributed by atoms with Gasteiger partial charge in [-0.05, 0) is 25.5 Å². The predicted octanol–water partition coefficient (Wildman–Crippen LogP) is 3.63. The van der Waals surface area contributed by atoms with E-state index in [0.717, 1.165) is 0 Å². The average Bonchev–Trinajstić information content (AvgIpc) is 2.42. The molecule has 0 spiro atoms. The van der Waals surface area contributed by atoms with Gasteiger partial charge >= 0.3 is 0 Å². The fourth-order valence-electron chi connectivity index (χ4n) is 2.78.